The van der Waals surface area contributed by atoms with E-state index in [9.17, 15) is 4.79 Å². The molecule has 1 fully saturated rings. The third-order valence-electron chi connectivity index (χ3n) is 3.90. The number of rotatable bonds is 5. The van der Waals surface area contributed by atoms with Crippen LogP contribution in [0.25, 0.3) is 0 Å². The van der Waals surface area contributed by atoms with Gasteiger partial charge in [-0.1, -0.05) is 0 Å². The Morgan fingerprint density at radius 2 is 1.87 bits per heavy atom. The second kappa shape index (κ2) is 5.16. The zero-order valence-electron chi connectivity index (χ0n) is 10.2. The molecule has 15 heavy (non-hydrogen) atoms. The Morgan fingerprint density at radius 3 is 2.20 bits per heavy atom. The average molecular weight is 233 g/mol. The van der Waals surface area contributed by atoms with Crippen LogP contribution in [-0.2, 0) is 9.47 Å². The van der Waals surface area contributed by atoms with E-state index in [-0.39, 0.29) is 6.10 Å². The summed E-state index contributed by atoms with van der Waals surface area (Å²) in [6.07, 6.45) is 3.19. The Hall–Kier alpha value is -0.300. The molecule has 0 aromatic heterocycles. The Kier molecular flexibility index (Phi) is 4.39. The predicted molar refractivity (Wildman–Crippen MR) is 64.2 cm³/mol. The SMILES string of the molecule is CC[P+](CC)(CC)C(C)C1COC(=O)O1. The number of carbonyl (C=O) groups is 1. The smallest absolute Gasteiger partial charge is 0.430 e. The molecule has 2 unspecified atom stereocenters. The van der Waals surface area contributed by atoms with Gasteiger partial charge in [0.25, 0.3) is 0 Å². The van der Waals surface area contributed by atoms with Crippen molar-refractivity contribution in [1.29, 1.82) is 0 Å². The molecule has 3 nitrogen and oxygen atoms in total. The molecule has 0 amide bonds. The van der Waals surface area contributed by atoms with E-state index in [0.717, 1.165) is 0 Å². The van der Waals surface area contributed by atoms with Crippen LogP contribution in [0.4, 0.5) is 4.79 Å². The first-order valence-corrected chi connectivity index (χ1v) is 8.20. The molecule has 1 aliphatic heterocycles. The number of cyclic esters (lactones) is 2. The van der Waals surface area contributed by atoms with Crippen LogP contribution >= 0.6 is 7.26 Å². The lowest BCUT2D eigenvalue weighted by Gasteiger charge is -2.31. The third-order valence-corrected chi connectivity index (χ3v) is 9.74. The van der Waals surface area contributed by atoms with Gasteiger partial charge in [-0.25, -0.2) is 4.79 Å². The topological polar surface area (TPSA) is 35.5 Å². The van der Waals surface area contributed by atoms with Gasteiger partial charge < -0.3 is 9.47 Å². The van der Waals surface area contributed by atoms with Crippen molar-refractivity contribution < 1.29 is 14.3 Å². The lowest BCUT2D eigenvalue weighted by molar-refractivity contribution is 0.118. The van der Waals surface area contributed by atoms with E-state index in [1.54, 1.807) is 0 Å². The average Bonchev–Trinajstić information content (AvgIpc) is 2.68. The summed E-state index contributed by atoms with van der Waals surface area (Å²) in [5.41, 5.74) is 0.476. The molecule has 1 saturated heterocycles. The highest BCUT2D eigenvalue weighted by atomic mass is 31.2. The molecular formula is C11H22O3P+. The second-order valence-electron chi connectivity index (χ2n) is 4.13. The molecule has 88 valence electrons. The summed E-state index contributed by atoms with van der Waals surface area (Å²) >= 11 is 0. The Labute approximate surface area is 92.9 Å². The molecule has 1 heterocycles. The highest BCUT2D eigenvalue weighted by Gasteiger charge is 2.46. The molecule has 0 aromatic carbocycles. The maximum Gasteiger partial charge on any atom is 0.508 e. The van der Waals surface area contributed by atoms with Crippen molar-refractivity contribution in [2.45, 2.75) is 39.5 Å². The van der Waals surface area contributed by atoms with E-state index in [2.05, 4.69) is 27.7 Å². The van der Waals surface area contributed by atoms with Gasteiger partial charge in [0, 0.05) is 7.26 Å². The summed E-state index contributed by atoms with van der Waals surface area (Å²) in [5, 5.41) is 0. The van der Waals surface area contributed by atoms with Gasteiger partial charge in [-0.3, -0.25) is 0 Å². The molecule has 0 aliphatic carbocycles. The van der Waals surface area contributed by atoms with Crippen molar-refractivity contribution in [2.24, 2.45) is 0 Å². The van der Waals surface area contributed by atoms with Gasteiger partial charge in [0.05, 0.1) is 18.5 Å². The van der Waals surface area contributed by atoms with Crippen molar-refractivity contribution in [3.8, 4) is 0 Å². The third kappa shape index (κ3) is 2.44. The molecule has 0 aromatic rings. The minimum absolute atomic E-state index is 0.00863. The lowest BCUT2D eigenvalue weighted by Crippen LogP contribution is -2.31. The van der Waals surface area contributed by atoms with Crippen LogP contribution < -0.4 is 0 Å². The zero-order chi connectivity index (χ0) is 11.5. The van der Waals surface area contributed by atoms with Crippen LogP contribution in [0.3, 0.4) is 0 Å². The molecule has 0 N–H and O–H groups in total. The summed E-state index contributed by atoms with van der Waals surface area (Å²) in [6, 6.07) is 0. The Balaban J connectivity index is 2.71. The van der Waals surface area contributed by atoms with Gasteiger partial charge in [0.15, 0.2) is 6.10 Å². The summed E-state index contributed by atoms with van der Waals surface area (Å²) in [4.78, 5) is 10.9. The second-order valence-corrected chi connectivity index (χ2v) is 9.27. The first-order valence-electron chi connectivity index (χ1n) is 5.78. The van der Waals surface area contributed by atoms with Gasteiger partial charge in [0.2, 0.25) is 0 Å². The zero-order valence-corrected chi connectivity index (χ0v) is 11.0. The van der Waals surface area contributed by atoms with E-state index in [0.29, 0.717) is 12.3 Å². The van der Waals surface area contributed by atoms with Crippen molar-refractivity contribution in [3.63, 3.8) is 0 Å². The van der Waals surface area contributed by atoms with Crippen LogP contribution in [0.5, 0.6) is 0 Å². The lowest BCUT2D eigenvalue weighted by atomic mass is 10.3. The van der Waals surface area contributed by atoms with Crippen molar-refractivity contribution in [2.75, 3.05) is 25.1 Å². The van der Waals surface area contributed by atoms with Crippen LogP contribution in [0, 0.1) is 0 Å². The fourth-order valence-electron chi connectivity index (χ4n) is 2.47. The molecule has 1 rings (SSSR count). The molecule has 2 atom stereocenters. The van der Waals surface area contributed by atoms with Crippen LogP contribution in [0.2, 0.25) is 0 Å². The number of hydrogen-bond acceptors (Lipinski definition) is 3. The van der Waals surface area contributed by atoms with E-state index in [1.165, 1.54) is 18.5 Å². The van der Waals surface area contributed by atoms with E-state index >= 15 is 0 Å². The standard InChI is InChI=1S/C11H22O3P/c1-5-15(6-2,7-3)9(4)10-8-13-11(12)14-10/h9-10H,5-8H2,1-4H3/q+1. The van der Waals surface area contributed by atoms with Crippen molar-refractivity contribution in [3.05, 3.63) is 0 Å². The number of ether oxygens (including phenoxy) is 2. The van der Waals surface area contributed by atoms with Gasteiger partial charge in [-0.15, -0.1) is 0 Å². The Morgan fingerprint density at radius 1 is 1.33 bits per heavy atom. The highest BCUT2D eigenvalue weighted by molar-refractivity contribution is 7.76. The van der Waals surface area contributed by atoms with Gasteiger partial charge in [-0.2, -0.15) is 0 Å². The first-order chi connectivity index (χ1) is 7.09. The molecule has 1 aliphatic rings. The monoisotopic (exact) mass is 233 g/mol. The highest BCUT2D eigenvalue weighted by Crippen LogP contribution is 2.63. The van der Waals surface area contributed by atoms with E-state index in [4.69, 9.17) is 9.47 Å². The number of carbonyl (C=O) groups excluding carboxylic acids is 1. The largest absolute Gasteiger partial charge is 0.508 e. The van der Waals surface area contributed by atoms with Gasteiger partial charge in [0.1, 0.15) is 12.3 Å². The summed E-state index contributed by atoms with van der Waals surface area (Å²) < 4.78 is 10.1. The minimum Gasteiger partial charge on any atom is -0.430 e. The molecule has 0 spiro atoms. The van der Waals surface area contributed by atoms with Crippen molar-refractivity contribution in [1.82, 2.24) is 0 Å². The van der Waals surface area contributed by atoms with Crippen LogP contribution in [0.1, 0.15) is 27.7 Å². The molecule has 0 radical (unpaired) electrons. The Bertz CT molecular complexity index is 218. The first kappa shape index (κ1) is 12.8. The summed E-state index contributed by atoms with van der Waals surface area (Å²) in [6.45, 7) is 9.44. The predicted octanol–water partition coefficient (Wildman–Crippen LogP) is 2.99. The molecular weight excluding hydrogens is 211 g/mol. The van der Waals surface area contributed by atoms with Gasteiger partial charge >= 0.3 is 6.16 Å². The summed E-state index contributed by atoms with van der Waals surface area (Å²) in [7, 11) is -0.963. The number of hydrogen-bond donors (Lipinski definition) is 0. The van der Waals surface area contributed by atoms with Gasteiger partial charge in [-0.05, 0) is 27.7 Å². The van der Waals surface area contributed by atoms with E-state index in [1.807, 2.05) is 0 Å². The normalized spacial score (nSPS) is 23.5. The molecule has 0 saturated carbocycles. The fourth-order valence-corrected chi connectivity index (χ4v) is 6.39. The van der Waals surface area contributed by atoms with E-state index < -0.39 is 13.4 Å². The fraction of sp³-hybridized carbons (Fsp3) is 0.909. The minimum atomic E-state index is -0.963. The van der Waals surface area contributed by atoms with Crippen LogP contribution in [0.15, 0.2) is 0 Å². The molecule has 0 bridgehead atoms. The molecule has 4 heteroatoms. The summed E-state index contributed by atoms with van der Waals surface area (Å²) in [5.74, 6) is 0. The van der Waals surface area contributed by atoms with Crippen molar-refractivity contribution >= 4 is 13.4 Å². The van der Waals surface area contributed by atoms with Crippen LogP contribution in [-0.4, -0.2) is 43.0 Å². The maximum atomic E-state index is 10.9. The quantitative estimate of drug-likeness (QED) is 0.541. The maximum absolute atomic E-state index is 10.9.